The fourth-order valence-corrected chi connectivity index (χ4v) is 3.08. The van der Waals surface area contributed by atoms with Crippen molar-refractivity contribution in [3.8, 4) is 11.5 Å². The minimum absolute atomic E-state index is 0. The molecule has 0 amide bonds. The molecule has 1 aromatic rings. The molecule has 2 atom stereocenters. The van der Waals surface area contributed by atoms with E-state index in [0.717, 1.165) is 31.0 Å². The molecule has 2 rings (SSSR count). The van der Waals surface area contributed by atoms with Crippen LogP contribution in [0, 0.1) is 5.92 Å². The summed E-state index contributed by atoms with van der Waals surface area (Å²) in [6, 6.07) is 6.48. The maximum Gasteiger partial charge on any atom is 0.162 e. The van der Waals surface area contributed by atoms with E-state index >= 15 is 0 Å². The molecule has 0 radical (unpaired) electrons. The number of piperidine rings is 1. The average molecular weight is 329 g/mol. The van der Waals surface area contributed by atoms with E-state index in [1.807, 2.05) is 6.07 Å². The smallest absolute Gasteiger partial charge is 0.162 e. The van der Waals surface area contributed by atoms with Gasteiger partial charge in [0.05, 0.1) is 14.2 Å². The first-order valence-electron chi connectivity index (χ1n) is 7.92. The number of ether oxygens (including phenoxy) is 2. The molecule has 0 saturated carbocycles. The standard InChI is InChI=1S/C17H28N2O2.ClH/c1-4-5-6-13-12-19(10-9-15(13)18)14-7-8-16(20-2)17(11-14)21-3;/h7-8,11,13,15H,4-6,9-10,12,18H2,1-3H3;1H/t13-,15-;/m0./s1. The lowest BCUT2D eigenvalue weighted by Gasteiger charge is -2.38. The van der Waals surface area contributed by atoms with Crippen LogP contribution in [0.25, 0.3) is 0 Å². The molecular weight excluding hydrogens is 300 g/mol. The molecule has 0 spiro atoms. The summed E-state index contributed by atoms with van der Waals surface area (Å²) in [6.45, 7) is 4.29. The molecule has 4 nitrogen and oxygen atoms in total. The number of anilines is 1. The third-order valence-electron chi connectivity index (χ3n) is 4.45. The number of unbranched alkanes of at least 4 members (excludes halogenated alkanes) is 1. The molecule has 0 aromatic heterocycles. The summed E-state index contributed by atoms with van der Waals surface area (Å²) in [5, 5.41) is 0. The highest BCUT2D eigenvalue weighted by Crippen LogP contribution is 2.33. The number of rotatable bonds is 6. The van der Waals surface area contributed by atoms with Gasteiger partial charge in [0.25, 0.3) is 0 Å². The van der Waals surface area contributed by atoms with Crippen LogP contribution >= 0.6 is 12.4 Å². The van der Waals surface area contributed by atoms with E-state index in [9.17, 15) is 0 Å². The molecule has 1 heterocycles. The Kier molecular flexibility index (Phi) is 7.83. The number of methoxy groups -OCH3 is 2. The minimum atomic E-state index is 0. The van der Waals surface area contributed by atoms with Crippen LogP contribution in [-0.2, 0) is 0 Å². The Morgan fingerprint density at radius 1 is 1.23 bits per heavy atom. The monoisotopic (exact) mass is 328 g/mol. The highest BCUT2D eigenvalue weighted by Gasteiger charge is 2.26. The summed E-state index contributed by atoms with van der Waals surface area (Å²) in [6.07, 6.45) is 4.78. The highest BCUT2D eigenvalue weighted by molar-refractivity contribution is 5.85. The maximum atomic E-state index is 6.29. The fourth-order valence-electron chi connectivity index (χ4n) is 3.08. The van der Waals surface area contributed by atoms with Gasteiger partial charge in [-0.3, -0.25) is 0 Å². The lowest BCUT2D eigenvalue weighted by atomic mass is 9.88. The summed E-state index contributed by atoms with van der Waals surface area (Å²) in [5.41, 5.74) is 7.49. The number of halogens is 1. The number of nitrogens with two attached hydrogens (primary N) is 1. The van der Waals surface area contributed by atoms with Crippen LogP contribution < -0.4 is 20.1 Å². The quantitative estimate of drug-likeness (QED) is 0.868. The third kappa shape index (κ3) is 4.43. The largest absolute Gasteiger partial charge is 0.493 e. The highest BCUT2D eigenvalue weighted by atomic mass is 35.5. The molecule has 1 aliphatic heterocycles. The van der Waals surface area contributed by atoms with Crippen molar-refractivity contribution >= 4 is 18.1 Å². The van der Waals surface area contributed by atoms with Crippen LogP contribution in [0.4, 0.5) is 5.69 Å². The first-order chi connectivity index (χ1) is 10.2. The van der Waals surface area contributed by atoms with Gasteiger partial charge in [0.15, 0.2) is 11.5 Å². The number of hydrogen-bond acceptors (Lipinski definition) is 4. The number of hydrogen-bond donors (Lipinski definition) is 1. The lowest BCUT2D eigenvalue weighted by molar-refractivity contribution is 0.329. The predicted molar refractivity (Wildman–Crippen MR) is 94.6 cm³/mol. The number of benzene rings is 1. The van der Waals surface area contributed by atoms with E-state index in [0.29, 0.717) is 12.0 Å². The summed E-state index contributed by atoms with van der Waals surface area (Å²) in [5.74, 6) is 2.15. The molecule has 1 saturated heterocycles. The van der Waals surface area contributed by atoms with Gasteiger partial charge in [-0.15, -0.1) is 12.4 Å². The first kappa shape index (κ1) is 18.9. The van der Waals surface area contributed by atoms with Crippen molar-refractivity contribution in [2.24, 2.45) is 11.7 Å². The zero-order valence-corrected chi connectivity index (χ0v) is 14.7. The van der Waals surface area contributed by atoms with Gasteiger partial charge in [-0.25, -0.2) is 0 Å². The Morgan fingerprint density at radius 2 is 1.95 bits per heavy atom. The molecule has 1 aromatic carbocycles. The van der Waals surface area contributed by atoms with Crippen LogP contribution in [0.15, 0.2) is 18.2 Å². The second-order valence-electron chi connectivity index (χ2n) is 5.84. The van der Waals surface area contributed by atoms with E-state index in [1.54, 1.807) is 14.2 Å². The van der Waals surface area contributed by atoms with Gasteiger partial charge in [-0.1, -0.05) is 19.8 Å². The molecule has 1 fully saturated rings. The van der Waals surface area contributed by atoms with Crippen LogP contribution in [0.5, 0.6) is 11.5 Å². The van der Waals surface area contributed by atoms with E-state index < -0.39 is 0 Å². The molecule has 2 N–H and O–H groups in total. The molecule has 0 unspecified atom stereocenters. The molecule has 1 aliphatic rings. The predicted octanol–water partition coefficient (Wildman–Crippen LogP) is 3.47. The van der Waals surface area contributed by atoms with Gasteiger partial charge in [-0.2, -0.15) is 0 Å². The zero-order valence-electron chi connectivity index (χ0n) is 13.9. The van der Waals surface area contributed by atoms with Crippen molar-refractivity contribution in [3.63, 3.8) is 0 Å². The van der Waals surface area contributed by atoms with Crippen LogP contribution in [0.2, 0.25) is 0 Å². The van der Waals surface area contributed by atoms with Crippen molar-refractivity contribution in [2.75, 3.05) is 32.2 Å². The topological polar surface area (TPSA) is 47.7 Å². The fraction of sp³-hybridized carbons (Fsp3) is 0.647. The summed E-state index contributed by atoms with van der Waals surface area (Å²) < 4.78 is 10.7. The summed E-state index contributed by atoms with van der Waals surface area (Å²) >= 11 is 0. The van der Waals surface area contributed by atoms with E-state index in [4.69, 9.17) is 15.2 Å². The van der Waals surface area contributed by atoms with Gasteiger partial charge in [0, 0.05) is 30.9 Å². The molecular formula is C17H29ClN2O2. The van der Waals surface area contributed by atoms with Gasteiger partial charge in [-0.05, 0) is 30.9 Å². The molecule has 22 heavy (non-hydrogen) atoms. The molecule has 0 aliphatic carbocycles. The first-order valence-corrected chi connectivity index (χ1v) is 7.92. The van der Waals surface area contributed by atoms with Crippen LogP contribution in [0.3, 0.4) is 0 Å². The SMILES string of the molecule is CCCC[C@H]1CN(c2ccc(OC)c(OC)c2)CC[C@@H]1N.Cl. The van der Waals surface area contributed by atoms with E-state index in [1.165, 1.54) is 24.9 Å². The van der Waals surface area contributed by atoms with Crippen LogP contribution in [0.1, 0.15) is 32.6 Å². The van der Waals surface area contributed by atoms with E-state index in [2.05, 4.69) is 24.0 Å². The minimum Gasteiger partial charge on any atom is -0.493 e. The van der Waals surface area contributed by atoms with Gasteiger partial charge in [0.2, 0.25) is 0 Å². The second-order valence-corrected chi connectivity index (χ2v) is 5.84. The van der Waals surface area contributed by atoms with Gasteiger partial charge < -0.3 is 20.1 Å². The Morgan fingerprint density at radius 3 is 2.59 bits per heavy atom. The van der Waals surface area contributed by atoms with Crippen LogP contribution in [-0.4, -0.2) is 33.4 Å². The lowest BCUT2D eigenvalue weighted by Crippen LogP contribution is -2.47. The van der Waals surface area contributed by atoms with Crippen molar-refractivity contribution < 1.29 is 9.47 Å². The normalized spacial score (nSPS) is 21.2. The Bertz CT molecular complexity index is 456. The molecule has 5 heteroatoms. The van der Waals surface area contributed by atoms with Gasteiger partial charge in [0.1, 0.15) is 0 Å². The summed E-state index contributed by atoms with van der Waals surface area (Å²) in [7, 11) is 3.34. The Balaban J connectivity index is 0.00000242. The zero-order chi connectivity index (χ0) is 15.2. The van der Waals surface area contributed by atoms with Crippen molar-refractivity contribution in [1.29, 1.82) is 0 Å². The Hall–Kier alpha value is -1.13. The molecule has 0 bridgehead atoms. The Labute approximate surface area is 140 Å². The van der Waals surface area contributed by atoms with Gasteiger partial charge >= 0.3 is 0 Å². The van der Waals surface area contributed by atoms with Crippen molar-refractivity contribution in [2.45, 2.75) is 38.6 Å². The van der Waals surface area contributed by atoms with E-state index in [-0.39, 0.29) is 12.4 Å². The number of nitrogens with zero attached hydrogens (tertiary/aromatic N) is 1. The molecule has 126 valence electrons. The summed E-state index contributed by atoms with van der Waals surface area (Å²) in [4.78, 5) is 2.42. The average Bonchev–Trinajstić information content (AvgIpc) is 2.53. The van der Waals surface area contributed by atoms with Crippen molar-refractivity contribution in [3.05, 3.63) is 18.2 Å². The maximum absolute atomic E-state index is 6.29. The third-order valence-corrected chi connectivity index (χ3v) is 4.45. The second kappa shape index (κ2) is 9.11. The van der Waals surface area contributed by atoms with Crippen molar-refractivity contribution in [1.82, 2.24) is 0 Å².